The van der Waals surface area contributed by atoms with Gasteiger partial charge in [0.2, 0.25) is 0 Å². The molecule has 0 unspecified atom stereocenters. The Balaban J connectivity index is 2.17. The molecular weight excluding hydrogens is 333 g/mol. The van der Waals surface area contributed by atoms with Crippen molar-refractivity contribution in [2.75, 3.05) is 18.5 Å². The van der Waals surface area contributed by atoms with Crippen LogP contribution in [0.3, 0.4) is 0 Å². The zero-order chi connectivity index (χ0) is 16.8. The smallest absolute Gasteiger partial charge is 0.179 e. The first-order valence-electron chi connectivity index (χ1n) is 7.63. The number of nitrogens with one attached hydrogen (secondary N) is 1. The van der Waals surface area contributed by atoms with Gasteiger partial charge in [0, 0.05) is 17.3 Å². The lowest BCUT2D eigenvalue weighted by molar-refractivity contribution is 0.287. The summed E-state index contributed by atoms with van der Waals surface area (Å²) in [4.78, 5) is 0. The monoisotopic (exact) mass is 353 g/mol. The van der Waals surface area contributed by atoms with E-state index in [1.165, 1.54) is 0 Å². The molecule has 5 heteroatoms. The van der Waals surface area contributed by atoms with E-state index in [9.17, 15) is 0 Å². The summed E-state index contributed by atoms with van der Waals surface area (Å²) in [6.07, 6.45) is 0. The number of halogens is 2. The fourth-order valence-electron chi connectivity index (χ4n) is 2.18. The van der Waals surface area contributed by atoms with Gasteiger partial charge in [-0.25, -0.2) is 0 Å². The van der Waals surface area contributed by atoms with Crippen molar-refractivity contribution in [3.8, 4) is 11.5 Å². The van der Waals surface area contributed by atoms with Crippen molar-refractivity contribution in [2.24, 2.45) is 0 Å². The van der Waals surface area contributed by atoms with Gasteiger partial charge in [-0.2, -0.15) is 0 Å². The number of hydrogen-bond acceptors (Lipinski definition) is 3. The van der Waals surface area contributed by atoms with Crippen molar-refractivity contribution in [3.63, 3.8) is 0 Å². The summed E-state index contributed by atoms with van der Waals surface area (Å²) in [6.45, 7) is 7.55. The molecule has 0 fully saturated rings. The van der Waals surface area contributed by atoms with Crippen molar-refractivity contribution in [2.45, 2.75) is 27.3 Å². The molecule has 0 aliphatic heterocycles. The quantitative estimate of drug-likeness (QED) is 0.691. The van der Waals surface area contributed by atoms with Crippen LogP contribution in [-0.4, -0.2) is 13.2 Å². The van der Waals surface area contributed by atoms with Crippen molar-refractivity contribution in [1.29, 1.82) is 0 Å². The fraction of sp³-hybridized carbons (Fsp3) is 0.333. The first-order chi connectivity index (χ1) is 11.0. The largest absolute Gasteiger partial charge is 0.490 e. The molecule has 0 radical (unpaired) electrons. The van der Waals surface area contributed by atoms with Gasteiger partial charge in [-0.05, 0) is 56.2 Å². The van der Waals surface area contributed by atoms with Gasteiger partial charge in [-0.1, -0.05) is 29.3 Å². The predicted octanol–water partition coefficient (Wildman–Crippen LogP) is 5.71. The van der Waals surface area contributed by atoms with E-state index in [0.717, 1.165) is 21.8 Å². The summed E-state index contributed by atoms with van der Waals surface area (Å²) in [6, 6.07) is 9.74. The van der Waals surface area contributed by atoms with Crippen LogP contribution < -0.4 is 14.8 Å². The molecule has 0 saturated carbocycles. The molecule has 1 N–H and O–H groups in total. The normalized spacial score (nSPS) is 10.5. The Morgan fingerprint density at radius 3 is 2.35 bits per heavy atom. The van der Waals surface area contributed by atoms with Crippen molar-refractivity contribution < 1.29 is 9.47 Å². The van der Waals surface area contributed by atoms with Crippen LogP contribution in [0, 0.1) is 6.92 Å². The van der Waals surface area contributed by atoms with E-state index in [0.29, 0.717) is 36.3 Å². The third-order valence-electron chi connectivity index (χ3n) is 3.33. The molecular formula is C18H21Cl2NO2. The molecule has 0 atom stereocenters. The van der Waals surface area contributed by atoms with Crippen LogP contribution in [0.15, 0.2) is 30.3 Å². The zero-order valence-corrected chi connectivity index (χ0v) is 15.1. The third-order valence-corrected chi connectivity index (χ3v) is 4.01. The molecule has 23 heavy (non-hydrogen) atoms. The second-order valence-electron chi connectivity index (χ2n) is 5.09. The average Bonchev–Trinajstić information content (AvgIpc) is 2.52. The van der Waals surface area contributed by atoms with Crippen molar-refractivity contribution in [1.82, 2.24) is 0 Å². The fourth-order valence-corrected chi connectivity index (χ4v) is 2.65. The summed E-state index contributed by atoms with van der Waals surface area (Å²) in [5.74, 6) is 1.26. The lowest BCUT2D eigenvalue weighted by Crippen LogP contribution is -2.03. The summed E-state index contributed by atoms with van der Waals surface area (Å²) >= 11 is 12.5. The van der Waals surface area contributed by atoms with E-state index in [4.69, 9.17) is 32.7 Å². The molecule has 3 nitrogen and oxygen atoms in total. The van der Waals surface area contributed by atoms with Crippen LogP contribution in [0.25, 0.3) is 0 Å². The Bertz CT molecular complexity index is 674. The predicted molar refractivity (Wildman–Crippen MR) is 97.3 cm³/mol. The minimum Gasteiger partial charge on any atom is -0.490 e. The van der Waals surface area contributed by atoms with Gasteiger partial charge in [0.1, 0.15) is 0 Å². The molecule has 124 valence electrons. The van der Waals surface area contributed by atoms with E-state index < -0.39 is 0 Å². The molecule has 0 bridgehead atoms. The topological polar surface area (TPSA) is 30.5 Å². The molecule has 0 aliphatic rings. The molecule has 2 rings (SSSR count). The molecule has 0 aromatic heterocycles. The highest BCUT2D eigenvalue weighted by Crippen LogP contribution is 2.37. The molecule has 0 amide bonds. The SMILES string of the molecule is CCOc1cc(CNc2ccc(C)c(Cl)c2)cc(Cl)c1OCC. The Kier molecular flexibility index (Phi) is 6.43. The van der Waals surface area contributed by atoms with Gasteiger partial charge < -0.3 is 14.8 Å². The van der Waals surface area contributed by atoms with E-state index >= 15 is 0 Å². The number of benzene rings is 2. The Morgan fingerprint density at radius 1 is 0.957 bits per heavy atom. The summed E-state index contributed by atoms with van der Waals surface area (Å²) < 4.78 is 11.2. The van der Waals surface area contributed by atoms with Crippen LogP contribution in [0.1, 0.15) is 25.0 Å². The van der Waals surface area contributed by atoms with E-state index in [1.54, 1.807) is 0 Å². The summed E-state index contributed by atoms with van der Waals surface area (Å²) in [5.41, 5.74) is 3.03. The van der Waals surface area contributed by atoms with Crippen LogP contribution in [-0.2, 0) is 6.54 Å². The van der Waals surface area contributed by atoms with Gasteiger partial charge >= 0.3 is 0 Å². The molecule has 0 heterocycles. The van der Waals surface area contributed by atoms with Crippen LogP contribution in [0.5, 0.6) is 11.5 Å². The van der Waals surface area contributed by atoms with E-state index in [2.05, 4.69) is 5.32 Å². The van der Waals surface area contributed by atoms with Crippen molar-refractivity contribution in [3.05, 3.63) is 51.5 Å². The second kappa shape index (κ2) is 8.32. The lowest BCUT2D eigenvalue weighted by Gasteiger charge is -2.15. The Hall–Kier alpha value is -1.58. The highest BCUT2D eigenvalue weighted by Gasteiger charge is 2.12. The van der Waals surface area contributed by atoms with E-state index in [1.807, 2.05) is 51.1 Å². The Labute approximate surface area is 147 Å². The maximum Gasteiger partial charge on any atom is 0.179 e. The van der Waals surface area contributed by atoms with Crippen LogP contribution >= 0.6 is 23.2 Å². The summed E-state index contributed by atoms with van der Waals surface area (Å²) in [7, 11) is 0. The van der Waals surface area contributed by atoms with Crippen molar-refractivity contribution >= 4 is 28.9 Å². The van der Waals surface area contributed by atoms with Gasteiger partial charge in [-0.15, -0.1) is 0 Å². The minimum atomic E-state index is 0.541. The van der Waals surface area contributed by atoms with E-state index in [-0.39, 0.29) is 0 Å². The zero-order valence-electron chi connectivity index (χ0n) is 13.6. The molecule has 0 spiro atoms. The second-order valence-corrected chi connectivity index (χ2v) is 5.90. The van der Waals surface area contributed by atoms with Gasteiger partial charge in [-0.3, -0.25) is 0 Å². The molecule has 2 aromatic rings. The maximum absolute atomic E-state index is 6.32. The highest BCUT2D eigenvalue weighted by molar-refractivity contribution is 6.32. The first kappa shape index (κ1) is 17.8. The van der Waals surface area contributed by atoms with Crippen LogP contribution in [0.4, 0.5) is 5.69 Å². The number of rotatable bonds is 7. The lowest BCUT2D eigenvalue weighted by atomic mass is 10.1. The molecule has 0 saturated heterocycles. The third kappa shape index (κ3) is 4.69. The highest BCUT2D eigenvalue weighted by atomic mass is 35.5. The molecule has 2 aromatic carbocycles. The summed E-state index contributed by atoms with van der Waals surface area (Å²) in [5, 5.41) is 4.64. The Morgan fingerprint density at radius 2 is 1.70 bits per heavy atom. The number of ether oxygens (including phenoxy) is 2. The molecule has 0 aliphatic carbocycles. The number of hydrogen-bond donors (Lipinski definition) is 1. The minimum absolute atomic E-state index is 0.541. The maximum atomic E-state index is 6.32. The first-order valence-corrected chi connectivity index (χ1v) is 8.38. The standard InChI is InChI=1S/C18H21Cl2NO2/c1-4-22-17-9-13(8-16(20)18(17)23-5-2)11-21-14-7-6-12(3)15(19)10-14/h6-10,21H,4-5,11H2,1-3H3. The van der Waals surface area contributed by atoms with Gasteiger partial charge in [0.15, 0.2) is 11.5 Å². The number of aryl methyl sites for hydroxylation is 1. The van der Waals surface area contributed by atoms with Gasteiger partial charge in [0.25, 0.3) is 0 Å². The van der Waals surface area contributed by atoms with Crippen LogP contribution in [0.2, 0.25) is 10.0 Å². The van der Waals surface area contributed by atoms with Gasteiger partial charge in [0.05, 0.1) is 18.2 Å². The number of anilines is 1. The average molecular weight is 354 g/mol.